The van der Waals surface area contributed by atoms with Gasteiger partial charge in [0.05, 0.1) is 33.0 Å². The SMILES string of the molecule is CC1(C)C(=CC=C(/C=C/C2N(CCCS(=O)(=O)O)c3ccc4c(S(=O)(=O)O)cc(S(=O)(=O)O)cc4c3C2(C)C)c2ccc(CCCCC(=O)Nc3nnc(S(N)(=O)=O)s3)cn2)N(CCCS(=O)(=O)O)c2ccc3c(S(=O)(=O)O)cc(S(=O)(=O)O)cc3c21. The van der Waals surface area contributed by atoms with Gasteiger partial charge in [-0.25, -0.2) is 13.6 Å². The maximum atomic E-state index is 12.8. The summed E-state index contributed by atoms with van der Waals surface area (Å²) < 4.78 is 233. The highest BCUT2D eigenvalue weighted by Gasteiger charge is 2.46. The predicted molar refractivity (Wildman–Crippen MR) is 321 cm³/mol. The molecule has 1 amide bonds. The van der Waals surface area contributed by atoms with Gasteiger partial charge in [0.1, 0.15) is 9.79 Å². The van der Waals surface area contributed by atoms with Crippen molar-refractivity contribution in [2.45, 2.75) is 107 Å². The van der Waals surface area contributed by atoms with E-state index in [2.05, 4.69) is 15.5 Å². The molecule has 0 saturated carbocycles. The number of hydrogen-bond acceptors (Lipinski definition) is 21. The highest BCUT2D eigenvalue weighted by Crippen LogP contribution is 2.53. The highest BCUT2D eigenvalue weighted by atomic mass is 32.3. The summed E-state index contributed by atoms with van der Waals surface area (Å²) in [5.41, 5.74) is 0.374. The number of nitrogens with zero attached hydrogens (tertiary/aromatic N) is 5. The van der Waals surface area contributed by atoms with Crippen molar-refractivity contribution in [2.24, 2.45) is 5.14 Å². The van der Waals surface area contributed by atoms with Gasteiger partial charge >= 0.3 is 0 Å². The number of aryl methyl sites for hydroxylation is 1. The number of aromatic nitrogens is 3. The van der Waals surface area contributed by atoms with Crippen LogP contribution in [0.4, 0.5) is 16.5 Å². The van der Waals surface area contributed by atoms with Crippen molar-refractivity contribution in [3.8, 4) is 0 Å². The standard InChI is InChI=1S/C51H57N7O21S8/c1-50(2)43(57(21-7-23-81(60,61)62)39-17-14-34-36(46(39)50)25-32(84(68,69)70)27-41(34)86(74,75)76)19-12-31(38-16-11-30(29-53-38)9-5-6-10-45(59)54-48-55-56-49(80-48)83(52,66)67)13-20-44-51(3,4)47-37-26-33(85(71,72)73)28-42(87(77,78)79)35(37)15-18-40(47)58(44)22-8-24-82(63,64)65/h11-20,25-29,43H,5-10,21-24H2,1-4H3,(H2,52,66,67)(H,54,55,59)(H,60,61,62)(H,63,64,65)(H,68,69,70)(H,71,72,73)(H,74,75,76)(H,77,78,79)/b19-12+,31-13?,44-20?. The number of carbonyl (C=O) groups excluding carboxylic acids is 1. The normalized spacial score (nSPS) is 17.2. The molecular weight excluding hydrogens is 1300 g/mol. The Labute approximate surface area is 505 Å². The molecule has 87 heavy (non-hydrogen) atoms. The molecule has 8 rings (SSSR count). The Morgan fingerprint density at radius 1 is 0.655 bits per heavy atom. The van der Waals surface area contributed by atoms with Gasteiger partial charge in [0.15, 0.2) is 0 Å². The summed E-state index contributed by atoms with van der Waals surface area (Å²) >= 11 is 0.582. The van der Waals surface area contributed by atoms with Gasteiger partial charge in [0, 0.05) is 64.4 Å². The lowest BCUT2D eigenvalue weighted by molar-refractivity contribution is -0.116. The number of hydrogen-bond donors (Lipinski definition) is 8. The van der Waals surface area contributed by atoms with Crippen LogP contribution in [0.2, 0.25) is 0 Å². The van der Waals surface area contributed by atoms with E-state index < -0.39 is 129 Å². The second-order valence-electron chi connectivity index (χ2n) is 21.5. The summed E-state index contributed by atoms with van der Waals surface area (Å²) in [5, 5.41) is 14.2. The molecule has 2 aliphatic heterocycles. The third-order valence-electron chi connectivity index (χ3n) is 14.7. The minimum Gasteiger partial charge on any atom is -0.364 e. The number of rotatable bonds is 23. The van der Waals surface area contributed by atoms with Crippen LogP contribution >= 0.6 is 11.3 Å². The van der Waals surface area contributed by atoms with Crippen molar-refractivity contribution in [1.29, 1.82) is 0 Å². The molecule has 4 heterocycles. The lowest BCUT2D eigenvalue weighted by Crippen LogP contribution is -2.41. The number of primary sulfonamides is 1. The Kier molecular flexibility index (Phi) is 18.4. The molecule has 36 heteroatoms. The highest BCUT2D eigenvalue weighted by molar-refractivity contribution is 7.91. The fourth-order valence-electron chi connectivity index (χ4n) is 11.0. The summed E-state index contributed by atoms with van der Waals surface area (Å²) in [4.78, 5) is 17.4. The number of nitrogens with one attached hydrogen (secondary N) is 1. The van der Waals surface area contributed by atoms with E-state index in [1.807, 2.05) is 0 Å². The van der Waals surface area contributed by atoms with E-state index >= 15 is 0 Å². The quantitative estimate of drug-likeness (QED) is 0.0168. The van der Waals surface area contributed by atoms with Gasteiger partial charge in [-0.3, -0.25) is 37.1 Å². The maximum Gasteiger partial charge on any atom is 0.295 e. The van der Waals surface area contributed by atoms with Gasteiger partial charge in [0.2, 0.25) is 15.4 Å². The van der Waals surface area contributed by atoms with Gasteiger partial charge in [-0.15, -0.1) is 10.2 Å². The molecule has 0 spiro atoms. The van der Waals surface area contributed by atoms with Crippen LogP contribution in [0.5, 0.6) is 0 Å². The van der Waals surface area contributed by atoms with E-state index in [0.29, 0.717) is 82.2 Å². The summed E-state index contributed by atoms with van der Waals surface area (Å²) in [6.45, 7) is 6.56. The van der Waals surface area contributed by atoms with Gasteiger partial charge in [-0.1, -0.05) is 75.5 Å². The number of pyridine rings is 1. The van der Waals surface area contributed by atoms with Crippen molar-refractivity contribution in [2.75, 3.05) is 39.7 Å². The zero-order valence-electron chi connectivity index (χ0n) is 46.2. The molecule has 470 valence electrons. The molecule has 0 fully saturated rings. The van der Waals surface area contributed by atoms with Gasteiger partial charge in [-0.05, 0) is 114 Å². The second-order valence-corrected chi connectivity index (χ2v) is 33.0. The van der Waals surface area contributed by atoms with Crippen molar-refractivity contribution in [3.63, 3.8) is 0 Å². The van der Waals surface area contributed by atoms with E-state index in [-0.39, 0.29) is 64.6 Å². The first-order chi connectivity index (χ1) is 40.0. The Bertz CT molecular complexity index is 4740. The monoisotopic (exact) mass is 1360 g/mol. The Hall–Kier alpha value is -6.23. The largest absolute Gasteiger partial charge is 0.364 e. The summed E-state index contributed by atoms with van der Waals surface area (Å²) in [6, 6.07) is 11.3. The van der Waals surface area contributed by atoms with Crippen LogP contribution in [0.25, 0.3) is 27.1 Å². The van der Waals surface area contributed by atoms with Crippen molar-refractivity contribution < 1.29 is 91.0 Å². The number of sulfonamides is 1. The number of anilines is 3. The van der Waals surface area contributed by atoms with E-state index in [9.17, 15) is 91.0 Å². The van der Waals surface area contributed by atoms with Gasteiger partial charge in [-0.2, -0.15) is 50.5 Å². The second kappa shape index (κ2) is 23.9. The van der Waals surface area contributed by atoms with E-state index in [0.717, 1.165) is 12.1 Å². The van der Waals surface area contributed by atoms with E-state index in [4.69, 9.17) is 10.1 Å². The molecule has 0 aliphatic carbocycles. The molecule has 1 unspecified atom stereocenters. The number of carbonyl (C=O) groups is 1. The number of amides is 1. The predicted octanol–water partition coefficient (Wildman–Crippen LogP) is 5.57. The molecule has 0 saturated heterocycles. The van der Waals surface area contributed by atoms with Crippen LogP contribution in [0, 0.1) is 0 Å². The van der Waals surface area contributed by atoms with Crippen molar-refractivity contribution >= 4 is 132 Å². The first kappa shape index (κ1) is 66.7. The third-order valence-corrected chi connectivity index (χ3v) is 21.9. The van der Waals surface area contributed by atoms with Crippen LogP contribution in [0.1, 0.15) is 82.2 Å². The van der Waals surface area contributed by atoms with Crippen molar-refractivity contribution in [3.05, 3.63) is 119 Å². The fraction of sp³-hybridized carbons (Fsp3) is 0.333. The summed E-state index contributed by atoms with van der Waals surface area (Å²) in [7, 11) is -33.7. The average molecular weight is 1360 g/mol. The zero-order chi connectivity index (χ0) is 64.4. The maximum absolute atomic E-state index is 12.8. The number of nitrogens with two attached hydrogens (primary N) is 1. The molecule has 9 N–H and O–H groups in total. The first-order valence-electron chi connectivity index (χ1n) is 25.8. The number of fused-ring (bicyclic) bond motifs is 6. The van der Waals surface area contributed by atoms with Gasteiger partial charge < -0.3 is 15.1 Å². The molecule has 2 aliphatic rings. The lowest BCUT2D eigenvalue weighted by Gasteiger charge is -2.32. The topological polar surface area (TPSA) is 461 Å². The van der Waals surface area contributed by atoms with Crippen LogP contribution in [-0.2, 0) is 92.8 Å². The molecular formula is C51H57N7O21S8. The van der Waals surface area contributed by atoms with Crippen molar-refractivity contribution in [1.82, 2.24) is 15.2 Å². The number of allylic oxidation sites excluding steroid dienone is 5. The lowest BCUT2D eigenvalue weighted by atomic mass is 9.78. The van der Waals surface area contributed by atoms with E-state index in [1.165, 1.54) is 24.3 Å². The smallest absolute Gasteiger partial charge is 0.295 e. The molecule has 2 aromatic heterocycles. The van der Waals surface area contributed by atoms with Crippen LogP contribution < -0.4 is 20.3 Å². The van der Waals surface area contributed by atoms with Crippen LogP contribution in [-0.4, -0.2) is 138 Å². The third kappa shape index (κ3) is 14.9. The minimum absolute atomic E-state index is 0.0157. The van der Waals surface area contributed by atoms with Crippen LogP contribution in [0.15, 0.2) is 121 Å². The average Bonchev–Trinajstić information content (AvgIpc) is 1.62. The summed E-state index contributed by atoms with van der Waals surface area (Å²) in [5.74, 6) is -1.89. The molecule has 1 atom stereocenters. The number of benzene rings is 4. The summed E-state index contributed by atoms with van der Waals surface area (Å²) in [6.07, 6.45) is 8.99. The first-order valence-corrected chi connectivity index (χ1v) is 37.1. The molecule has 0 radical (unpaired) electrons. The van der Waals surface area contributed by atoms with Crippen LogP contribution in [0.3, 0.4) is 0 Å². The van der Waals surface area contributed by atoms with Gasteiger partial charge in [0.25, 0.3) is 70.7 Å². The molecule has 28 nitrogen and oxygen atoms in total. The Balaban J connectivity index is 1.27. The Morgan fingerprint density at radius 3 is 1.71 bits per heavy atom. The molecule has 6 aromatic rings. The molecule has 0 bridgehead atoms. The fourth-order valence-corrected chi connectivity index (χ4v) is 16.0. The Morgan fingerprint density at radius 2 is 1.21 bits per heavy atom. The van der Waals surface area contributed by atoms with E-state index in [1.54, 1.807) is 80.1 Å². The zero-order valence-corrected chi connectivity index (χ0v) is 52.7. The molecule has 4 aromatic carbocycles. The minimum atomic E-state index is -5.16. The number of unbranched alkanes of at least 4 members (excludes halogenated alkanes) is 1.